The van der Waals surface area contributed by atoms with E-state index < -0.39 is 11.6 Å². The van der Waals surface area contributed by atoms with Crippen LogP contribution in [0.5, 0.6) is 0 Å². The lowest BCUT2D eigenvalue weighted by atomic mass is 9.84. The minimum Gasteiger partial charge on any atom is -0.385 e. The summed E-state index contributed by atoms with van der Waals surface area (Å²) in [5.41, 5.74) is 1.93. The van der Waals surface area contributed by atoms with Crippen LogP contribution in [0.25, 0.3) is 0 Å². The van der Waals surface area contributed by atoms with Gasteiger partial charge in [0.1, 0.15) is 11.6 Å². The van der Waals surface area contributed by atoms with E-state index in [0.29, 0.717) is 17.5 Å². The number of benzene rings is 1. The Morgan fingerprint density at radius 3 is 2.50 bits per heavy atom. The van der Waals surface area contributed by atoms with Crippen LogP contribution in [0.4, 0.5) is 14.5 Å². The van der Waals surface area contributed by atoms with Gasteiger partial charge in [-0.25, -0.2) is 8.78 Å². The molecule has 1 aliphatic rings. The molecule has 2 rings (SSSR count). The van der Waals surface area contributed by atoms with Crippen LogP contribution in [0.3, 0.4) is 0 Å². The van der Waals surface area contributed by atoms with E-state index in [9.17, 15) is 8.78 Å². The van der Waals surface area contributed by atoms with Gasteiger partial charge in [0.15, 0.2) is 0 Å². The number of nitrogens with one attached hydrogen (secondary N) is 1. The lowest BCUT2D eigenvalue weighted by Gasteiger charge is -2.26. The zero-order valence-corrected chi connectivity index (χ0v) is 10.8. The fourth-order valence-electron chi connectivity index (χ4n) is 2.76. The van der Waals surface area contributed by atoms with Gasteiger partial charge in [-0.05, 0) is 43.7 Å². The first kappa shape index (κ1) is 13.1. The van der Waals surface area contributed by atoms with Crippen LogP contribution in [0.15, 0.2) is 29.8 Å². The van der Waals surface area contributed by atoms with Crippen LogP contribution in [0.2, 0.25) is 0 Å². The minimum absolute atomic E-state index is 0.521. The van der Waals surface area contributed by atoms with Crippen LogP contribution in [-0.2, 0) is 0 Å². The van der Waals surface area contributed by atoms with Crippen LogP contribution in [0, 0.1) is 23.5 Å². The fourth-order valence-corrected chi connectivity index (χ4v) is 2.76. The smallest absolute Gasteiger partial charge is 0.128 e. The molecule has 1 N–H and O–H groups in total. The van der Waals surface area contributed by atoms with Crippen LogP contribution < -0.4 is 5.32 Å². The van der Waals surface area contributed by atoms with Crippen LogP contribution >= 0.6 is 0 Å². The highest BCUT2D eigenvalue weighted by Gasteiger charge is 2.17. The van der Waals surface area contributed by atoms with Gasteiger partial charge in [0.25, 0.3) is 0 Å². The normalized spacial score (nSPS) is 23.7. The summed E-state index contributed by atoms with van der Waals surface area (Å²) < 4.78 is 26.1. The average molecular weight is 251 g/mol. The van der Waals surface area contributed by atoms with Crippen LogP contribution in [0.1, 0.15) is 26.7 Å². The Kier molecular flexibility index (Phi) is 4.00. The summed E-state index contributed by atoms with van der Waals surface area (Å²) in [6.45, 7) is 5.11. The molecule has 1 nitrogen and oxygen atoms in total. The molecule has 2 unspecified atom stereocenters. The van der Waals surface area contributed by atoms with Crippen molar-refractivity contribution in [2.75, 3.05) is 11.9 Å². The second-order valence-corrected chi connectivity index (χ2v) is 5.34. The molecular weight excluding hydrogens is 232 g/mol. The van der Waals surface area contributed by atoms with Crippen molar-refractivity contribution >= 4 is 5.69 Å². The molecule has 0 saturated carbocycles. The molecule has 18 heavy (non-hydrogen) atoms. The van der Waals surface area contributed by atoms with Gasteiger partial charge in [-0.1, -0.05) is 18.6 Å². The van der Waals surface area contributed by atoms with Crippen molar-refractivity contribution in [2.45, 2.75) is 26.7 Å². The molecule has 0 heterocycles. The van der Waals surface area contributed by atoms with Crippen molar-refractivity contribution in [2.24, 2.45) is 11.8 Å². The van der Waals surface area contributed by atoms with Crippen molar-refractivity contribution in [1.82, 2.24) is 0 Å². The monoisotopic (exact) mass is 251 g/mol. The quantitative estimate of drug-likeness (QED) is 0.787. The van der Waals surface area contributed by atoms with Gasteiger partial charge in [0.2, 0.25) is 0 Å². The Hall–Kier alpha value is -1.38. The Labute approximate surface area is 107 Å². The van der Waals surface area contributed by atoms with Gasteiger partial charge in [-0.15, -0.1) is 0 Å². The number of hydrogen-bond donors (Lipinski definition) is 1. The SMILES string of the molecule is CC1=CC(C)CC(CNc2cc(F)cc(F)c2)C1. The van der Waals surface area contributed by atoms with E-state index in [0.717, 1.165) is 25.5 Å². The molecule has 0 spiro atoms. The summed E-state index contributed by atoms with van der Waals surface area (Å²) in [7, 11) is 0. The fraction of sp³-hybridized carbons (Fsp3) is 0.467. The predicted octanol–water partition coefficient (Wildman–Crippen LogP) is 4.37. The Morgan fingerprint density at radius 2 is 1.89 bits per heavy atom. The van der Waals surface area contributed by atoms with Crippen molar-refractivity contribution in [3.05, 3.63) is 41.5 Å². The maximum atomic E-state index is 13.0. The maximum absolute atomic E-state index is 13.0. The van der Waals surface area contributed by atoms with E-state index in [1.165, 1.54) is 17.7 Å². The van der Waals surface area contributed by atoms with E-state index in [2.05, 4.69) is 25.2 Å². The highest BCUT2D eigenvalue weighted by Crippen LogP contribution is 2.28. The summed E-state index contributed by atoms with van der Waals surface area (Å²) in [6, 6.07) is 3.55. The number of allylic oxidation sites excluding steroid dienone is 2. The van der Waals surface area contributed by atoms with Gasteiger partial charge in [-0.3, -0.25) is 0 Å². The summed E-state index contributed by atoms with van der Waals surface area (Å²) in [5, 5.41) is 3.13. The third-order valence-corrected chi connectivity index (χ3v) is 3.34. The van der Waals surface area contributed by atoms with Gasteiger partial charge in [0.05, 0.1) is 0 Å². The molecule has 0 aromatic heterocycles. The third kappa shape index (κ3) is 3.56. The molecule has 98 valence electrons. The van der Waals surface area contributed by atoms with Gasteiger partial charge in [-0.2, -0.15) is 0 Å². The molecule has 0 bridgehead atoms. The maximum Gasteiger partial charge on any atom is 0.128 e. The van der Waals surface area contributed by atoms with E-state index in [-0.39, 0.29) is 0 Å². The highest BCUT2D eigenvalue weighted by molar-refractivity contribution is 5.43. The number of hydrogen-bond acceptors (Lipinski definition) is 1. The third-order valence-electron chi connectivity index (χ3n) is 3.34. The predicted molar refractivity (Wildman–Crippen MR) is 70.5 cm³/mol. The molecule has 0 saturated heterocycles. The molecule has 2 atom stereocenters. The molecule has 0 radical (unpaired) electrons. The first-order valence-corrected chi connectivity index (χ1v) is 6.40. The molecule has 1 aliphatic carbocycles. The average Bonchev–Trinajstić information content (AvgIpc) is 2.23. The van der Waals surface area contributed by atoms with Gasteiger partial charge < -0.3 is 5.32 Å². The topological polar surface area (TPSA) is 12.0 Å². The van der Waals surface area contributed by atoms with Crippen molar-refractivity contribution in [3.63, 3.8) is 0 Å². The zero-order valence-electron chi connectivity index (χ0n) is 10.8. The standard InChI is InChI=1S/C15H19F2N/c1-10-3-11(2)5-12(4-10)9-18-15-7-13(16)6-14(17)8-15/h3,6-8,10,12,18H,4-5,9H2,1-2H3. The molecule has 0 amide bonds. The molecule has 1 aromatic carbocycles. The largest absolute Gasteiger partial charge is 0.385 e. The summed E-state index contributed by atoms with van der Waals surface area (Å²) in [5.74, 6) is 0.0577. The van der Waals surface area contributed by atoms with E-state index in [4.69, 9.17) is 0 Å². The first-order valence-electron chi connectivity index (χ1n) is 6.40. The van der Waals surface area contributed by atoms with E-state index in [1.54, 1.807) is 0 Å². The Balaban J connectivity index is 1.93. The zero-order chi connectivity index (χ0) is 13.1. The summed E-state index contributed by atoms with van der Waals surface area (Å²) >= 11 is 0. The van der Waals surface area contributed by atoms with Gasteiger partial charge >= 0.3 is 0 Å². The number of anilines is 1. The summed E-state index contributed by atoms with van der Waals surface area (Å²) in [6.07, 6.45) is 4.50. The highest BCUT2D eigenvalue weighted by atomic mass is 19.1. The lowest BCUT2D eigenvalue weighted by molar-refractivity contribution is 0.421. The molecule has 0 fully saturated rings. The molecule has 3 heteroatoms. The number of halogens is 2. The Bertz CT molecular complexity index is 434. The summed E-state index contributed by atoms with van der Waals surface area (Å²) in [4.78, 5) is 0. The van der Waals surface area contributed by atoms with Crippen LogP contribution in [-0.4, -0.2) is 6.54 Å². The van der Waals surface area contributed by atoms with Gasteiger partial charge in [0, 0.05) is 18.3 Å². The van der Waals surface area contributed by atoms with Crippen molar-refractivity contribution < 1.29 is 8.78 Å². The molecular formula is C15H19F2N. The molecule has 1 aromatic rings. The first-order chi connectivity index (χ1) is 8.52. The van der Waals surface area contributed by atoms with E-state index >= 15 is 0 Å². The van der Waals surface area contributed by atoms with E-state index in [1.807, 2.05) is 0 Å². The number of rotatable bonds is 3. The van der Waals surface area contributed by atoms with Crippen molar-refractivity contribution in [3.8, 4) is 0 Å². The van der Waals surface area contributed by atoms with Crippen molar-refractivity contribution in [1.29, 1.82) is 0 Å². The molecule has 0 aliphatic heterocycles. The second-order valence-electron chi connectivity index (χ2n) is 5.34. The Morgan fingerprint density at radius 1 is 1.22 bits per heavy atom. The minimum atomic E-state index is -0.536. The second kappa shape index (κ2) is 5.51. The lowest BCUT2D eigenvalue weighted by Crippen LogP contribution is -2.20.